The molecule has 1 rings (SSSR count). The van der Waals surface area contributed by atoms with E-state index in [9.17, 15) is 14.0 Å². The SMILES string of the molecule is CC(=O)NCCNC(=O)Cc1c(F)cccc1Cl. The van der Waals surface area contributed by atoms with Gasteiger partial charge in [-0.3, -0.25) is 9.59 Å². The number of nitrogens with one attached hydrogen (secondary N) is 2. The van der Waals surface area contributed by atoms with Crippen molar-refractivity contribution in [2.75, 3.05) is 13.1 Å². The summed E-state index contributed by atoms with van der Waals surface area (Å²) in [7, 11) is 0. The van der Waals surface area contributed by atoms with E-state index in [1.165, 1.54) is 25.1 Å². The number of amides is 2. The summed E-state index contributed by atoms with van der Waals surface area (Å²) in [5, 5.41) is 5.32. The van der Waals surface area contributed by atoms with Crippen LogP contribution in [0.5, 0.6) is 0 Å². The molecule has 0 aliphatic rings. The second-order valence-corrected chi connectivity index (χ2v) is 4.12. The molecule has 1 aromatic rings. The summed E-state index contributed by atoms with van der Waals surface area (Å²) in [6.45, 7) is 2.03. The molecule has 0 saturated heterocycles. The molecule has 0 atom stereocenters. The summed E-state index contributed by atoms with van der Waals surface area (Å²) in [4.78, 5) is 22.1. The summed E-state index contributed by atoms with van der Waals surface area (Å²) < 4.78 is 13.4. The maximum Gasteiger partial charge on any atom is 0.224 e. The van der Waals surface area contributed by atoms with Crippen molar-refractivity contribution in [1.82, 2.24) is 10.6 Å². The molecule has 98 valence electrons. The maximum absolute atomic E-state index is 13.4. The molecular formula is C12H14ClFN2O2. The normalized spacial score (nSPS) is 9.94. The van der Waals surface area contributed by atoms with E-state index in [-0.39, 0.29) is 28.8 Å². The summed E-state index contributed by atoms with van der Waals surface area (Å²) in [5.41, 5.74) is 0.177. The molecule has 4 nitrogen and oxygen atoms in total. The van der Waals surface area contributed by atoms with Gasteiger partial charge >= 0.3 is 0 Å². The highest BCUT2D eigenvalue weighted by Crippen LogP contribution is 2.19. The summed E-state index contributed by atoms with van der Waals surface area (Å²) in [5.74, 6) is -1.01. The van der Waals surface area contributed by atoms with Crippen molar-refractivity contribution in [2.45, 2.75) is 13.3 Å². The fourth-order valence-electron chi connectivity index (χ4n) is 1.36. The minimum atomic E-state index is -0.500. The first-order valence-corrected chi connectivity index (χ1v) is 5.82. The Kier molecular flexibility index (Phi) is 5.58. The minimum absolute atomic E-state index is 0.119. The average molecular weight is 273 g/mol. The number of hydrogen-bond donors (Lipinski definition) is 2. The van der Waals surface area contributed by atoms with E-state index in [0.29, 0.717) is 13.1 Å². The van der Waals surface area contributed by atoms with E-state index < -0.39 is 5.82 Å². The van der Waals surface area contributed by atoms with Crippen LogP contribution in [0.25, 0.3) is 0 Å². The number of carbonyl (C=O) groups excluding carboxylic acids is 2. The zero-order valence-corrected chi connectivity index (χ0v) is 10.7. The molecule has 1 aromatic carbocycles. The van der Waals surface area contributed by atoms with Crippen LogP contribution in [0.2, 0.25) is 5.02 Å². The fraction of sp³-hybridized carbons (Fsp3) is 0.333. The smallest absolute Gasteiger partial charge is 0.224 e. The van der Waals surface area contributed by atoms with Crippen molar-refractivity contribution >= 4 is 23.4 Å². The first-order valence-electron chi connectivity index (χ1n) is 5.44. The van der Waals surface area contributed by atoms with Gasteiger partial charge in [-0.05, 0) is 12.1 Å². The molecule has 2 N–H and O–H groups in total. The molecule has 6 heteroatoms. The standard InChI is InChI=1S/C12H14ClFN2O2/c1-8(17)15-5-6-16-12(18)7-9-10(13)3-2-4-11(9)14/h2-4H,5-7H2,1H3,(H,15,17)(H,16,18). The van der Waals surface area contributed by atoms with Gasteiger partial charge in [-0.15, -0.1) is 0 Å². The summed E-state index contributed by atoms with van der Waals surface area (Å²) in [6.07, 6.45) is -0.119. The van der Waals surface area contributed by atoms with Crippen LogP contribution in [0.3, 0.4) is 0 Å². The molecule has 0 aliphatic heterocycles. The van der Waals surface area contributed by atoms with E-state index in [1.807, 2.05) is 0 Å². The van der Waals surface area contributed by atoms with Crippen molar-refractivity contribution in [3.8, 4) is 0 Å². The molecule has 0 heterocycles. The third kappa shape index (κ3) is 4.71. The molecule has 0 aromatic heterocycles. The molecule has 2 amide bonds. The fourth-order valence-corrected chi connectivity index (χ4v) is 1.59. The van der Waals surface area contributed by atoms with Gasteiger partial charge in [0.2, 0.25) is 11.8 Å². The highest BCUT2D eigenvalue weighted by atomic mass is 35.5. The molecule has 0 unspecified atom stereocenters. The molecule has 0 radical (unpaired) electrons. The molecular weight excluding hydrogens is 259 g/mol. The van der Waals surface area contributed by atoms with Crippen LogP contribution in [-0.4, -0.2) is 24.9 Å². The predicted molar refractivity (Wildman–Crippen MR) is 66.8 cm³/mol. The average Bonchev–Trinajstić information content (AvgIpc) is 2.29. The lowest BCUT2D eigenvalue weighted by atomic mass is 10.1. The minimum Gasteiger partial charge on any atom is -0.355 e. The lowest BCUT2D eigenvalue weighted by Crippen LogP contribution is -2.34. The Morgan fingerprint density at radius 3 is 2.56 bits per heavy atom. The lowest BCUT2D eigenvalue weighted by Gasteiger charge is -2.07. The first kappa shape index (κ1) is 14.4. The number of rotatable bonds is 5. The Bertz CT molecular complexity index is 431. The van der Waals surface area contributed by atoms with Crippen LogP contribution < -0.4 is 10.6 Å². The Morgan fingerprint density at radius 2 is 1.94 bits per heavy atom. The van der Waals surface area contributed by atoms with Crippen LogP contribution in [0.15, 0.2) is 18.2 Å². The summed E-state index contributed by atoms with van der Waals surface area (Å²) in [6, 6.07) is 4.27. The van der Waals surface area contributed by atoms with E-state index in [0.717, 1.165) is 0 Å². The molecule has 0 fully saturated rings. The van der Waals surface area contributed by atoms with Crippen LogP contribution >= 0.6 is 11.6 Å². The lowest BCUT2D eigenvalue weighted by molar-refractivity contribution is -0.121. The van der Waals surface area contributed by atoms with Gasteiger partial charge in [0.05, 0.1) is 6.42 Å². The van der Waals surface area contributed by atoms with Crippen LogP contribution in [0.4, 0.5) is 4.39 Å². The third-order valence-electron chi connectivity index (χ3n) is 2.22. The van der Waals surface area contributed by atoms with Gasteiger partial charge in [0.1, 0.15) is 5.82 Å². The van der Waals surface area contributed by atoms with Crippen molar-refractivity contribution in [1.29, 1.82) is 0 Å². The first-order chi connectivity index (χ1) is 8.50. The van der Waals surface area contributed by atoms with Crippen molar-refractivity contribution in [3.63, 3.8) is 0 Å². The molecule has 18 heavy (non-hydrogen) atoms. The highest BCUT2D eigenvalue weighted by molar-refractivity contribution is 6.31. The Labute approximate surface area is 110 Å². The van der Waals surface area contributed by atoms with Gasteiger partial charge < -0.3 is 10.6 Å². The monoisotopic (exact) mass is 272 g/mol. The van der Waals surface area contributed by atoms with Crippen LogP contribution in [0.1, 0.15) is 12.5 Å². The van der Waals surface area contributed by atoms with E-state index >= 15 is 0 Å². The predicted octanol–water partition coefficient (Wildman–Crippen LogP) is 1.27. The Balaban J connectivity index is 2.43. The van der Waals surface area contributed by atoms with E-state index in [4.69, 9.17) is 11.6 Å². The van der Waals surface area contributed by atoms with E-state index in [1.54, 1.807) is 0 Å². The van der Waals surface area contributed by atoms with Gasteiger partial charge in [-0.2, -0.15) is 0 Å². The van der Waals surface area contributed by atoms with Crippen molar-refractivity contribution < 1.29 is 14.0 Å². The summed E-state index contributed by atoms with van der Waals surface area (Å²) >= 11 is 5.80. The van der Waals surface area contributed by atoms with Gasteiger partial charge in [-0.1, -0.05) is 17.7 Å². The van der Waals surface area contributed by atoms with Crippen molar-refractivity contribution in [3.05, 3.63) is 34.6 Å². The van der Waals surface area contributed by atoms with E-state index in [2.05, 4.69) is 10.6 Å². The number of halogens is 2. The molecule has 0 spiro atoms. The zero-order chi connectivity index (χ0) is 13.5. The molecule has 0 saturated carbocycles. The Morgan fingerprint density at radius 1 is 1.28 bits per heavy atom. The third-order valence-corrected chi connectivity index (χ3v) is 2.57. The number of carbonyl (C=O) groups is 2. The van der Waals surface area contributed by atoms with Crippen molar-refractivity contribution in [2.24, 2.45) is 0 Å². The zero-order valence-electron chi connectivity index (χ0n) is 9.93. The van der Waals surface area contributed by atoms with Crippen LogP contribution in [0, 0.1) is 5.82 Å². The maximum atomic E-state index is 13.4. The van der Waals surface area contributed by atoms with Gasteiger partial charge in [-0.25, -0.2) is 4.39 Å². The number of benzene rings is 1. The molecule has 0 bridgehead atoms. The topological polar surface area (TPSA) is 58.2 Å². The van der Waals surface area contributed by atoms with Gasteiger partial charge in [0.25, 0.3) is 0 Å². The molecule has 0 aliphatic carbocycles. The van der Waals surface area contributed by atoms with Gasteiger partial charge in [0, 0.05) is 30.6 Å². The Hall–Kier alpha value is -1.62. The van der Waals surface area contributed by atoms with Crippen LogP contribution in [-0.2, 0) is 16.0 Å². The second-order valence-electron chi connectivity index (χ2n) is 3.71. The second kappa shape index (κ2) is 6.96. The quantitative estimate of drug-likeness (QED) is 0.793. The number of hydrogen-bond acceptors (Lipinski definition) is 2. The van der Waals surface area contributed by atoms with Gasteiger partial charge in [0.15, 0.2) is 0 Å². The largest absolute Gasteiger partial charge is 0.355 e. The highest BCUT2D eigenvalue weighted by Gasteiger charge is 2.11.